The van der Waals surface area contributed by atoms with Gasteiger partial charge in [0, 0.05) is 12.6 Å². The topological polar surface area (TPSA) is 60.5 Å². The van der Waals surface area contributed by atoms with E-state index >= 15 is 0 Å². The molecule has 5 heteroatoms. The van der Waals surface area contributed by atoms with Gasteiger partial charge in [0.15, 0.2) is 0 Å². The van der Waals surface area contributed by atoms with Crippen LogP contribution in [0.5, 0.6) is 11.6 Å². The van der Waals surface area contributed by atoms with E-state index in [1.54, 1.807) is 12.3 Å². The highest BCUT2D eigenvalue weighted by Crippen LogP contribution is 2.35. The SMILES string of the molecule is C[C@@H]1CCOc2nccc(NC=O)c2O1. The minimum atomic E-state index is 0.0580. The van der Waals surface area contributed by atoms with Gasteiger partial charge in [-0.2, -0.15) is 0 Å². The summed E-state index contributed by atoms with van der Waals surface area (Å²) in [5, 5.41) is 2.56. The Kier molecular flexibility index (Phi) is 2.71. The molecule has 1 aromatic rings. The lowest BCUT2D eigenvalue weighted by molar-refractivity contribution is -0.105. The Morgan fingerprint density at radius 2 is 2.53 bits per heavy atom. The molecule has 0 fully saturated rings. The number of carbonyl (C=O) groups is 1. The van der Waals surface area contributed by atoms with Crippen LogP contribution in [0.3, 0.4) is 0 Å². The van der Waals surface area contributed by atoms with Crippen molar-refractivity contribution in [2.45, 2.75) is 19.4 Å². The third-order valence-corrected chi connectivity index (χ3v) is 2.17. The molecule has 0 bridgehead atoms. The first-order chi connectivity index (χ1) is 7.31. The summed E-state index contributed by atoms with van der Waals surface area (Å²) in [6.45, 7) is 2.53. The number of rotatable bonds is 2. The Balaban J connectivity index is 2.38. The number of fused-ring (bicyclic) bond motifs is 1. The number of aromatic nitrogens is 1. The van der Waals surface area contributed by atoms with Crippen molar-refractivity contribution in [1.82, 2.24) is 4.98 Å². The largest absolute Gasteiger partial charge is 0.483 e. The maximum absolute atomic E-state index is 10.4. The van der Waals surface area contributed by atoms with Crippen LogP contribution in [0.25, 0.3) is 0 Å². The predicted octanol–water partition coefficient (Wildman–Crippen LogP) is 1.20. The lowest BCUT2D eigenvalue weighted by atomic mass is 10.3. The fourth-order valence-electron chi connectivity index (χ4n) is 1.40. The summed E-state index contributed by atoms with van der Waals surface area (Å²) in [7, 11) is 0. The second-order valence-corrected chi connectivity index (χ2v) is 3.32. The molecule has 0 aliphatic carbocycles. The summed E-state index contributed by atoms with van der Waals surface area (Å²) in [5.74, 6) is 0.945. The van der Waals surface area contributed by atoms with Crippen molar-refractivity contribution in [1.29, 1.82) is 0 Å². The summed E-state index contributed by atoms with van der Waals surface area (Å²) < 4.78 is 11.0. The van der Waals surface area contributed by atoms with Crippen LogP contribution in [-0.4, -0.2) is 24.1 Å². The van der Waals surface area contributed by atoms with Crippen LogP contribution >= 0.6 is 0 Å². The van der Waals surface area contributed by atoms with Gasteiger partial charge in [-0.05, 0) is 13.0 Å². The van der Waals surface area contributed by atoms with Gasteiger partial charge in [-0.25, -0.2) is 4.98 Å². The zero-order valence-electron chi connectivity index (χ0n) is 8.40. The van der Waals surface area contributed by atoms with Gasteiger partial charge in [-0.15, -0.1) is 0 Å². The second-order valence-electron chi connectivity index (χ2n) is 3.32. The molecular formula is C10H12N2O3. The first kappa shape index (κ1) is 9.76. The molecule has 0 spiro atoms. The van der Waals surface area contributed by atoms with Crippen molar-refractivity contribution in [3.8, 4) is 11.6 Å². The first-order valence-electron chi connectivity index (χ1n) is 4.80. The second kappa shape index (κ2) is 4.16. The number of hydrogen-bond donors (Lipinski definition) is 1. The molecule has 0 saturated heterocycles. The van der Waals surface area contributed by atoms with E-state index in [2.05, 4.69) is 10.3 Å². The zero-order chi connectivity index (χ0) is 10.7. The molecule has 0 aromatic carbocycles. The Hall–Kier alpha value is -1.78. The molecule has 1 aliphatic heterocycles. The van der Waals surface area contributed by atoms with Crippen molar-refractivity contribution in [2.24, 2.45) is 0 Å². The van der Waals surface area contributed by atoms with E-state index in [1.807, 2.05) is 6.92 Å². The summed E-state index contributed by atoms with van der Waals surface area (Å²) in [4.78, 5) is 14.5. The van der Waals surface area contributed by atoms with E-state index in [-0.39, 0.29) is 6.10 Å². The zero-order valence-corrected chi connectivity index (χ0v) is 8.40. The average Bonchev–Trinajstić information content (AvgIpc) is 2.40. The van der Waals surface area contributed by atoms with Gasteiger partial charge in [0.1, 0.15) is 0 Å². The minimum absolute atomic E-state index is 0.0580. The number of carbonyl (C=O) groups excluding carboxylic acids is 1. The van der Waals surface area contributed by atoms with Gasteiger partial charge in [0.05, 0.1) is 18.4 Å². The quantitative estimate of drug-likeness (QED) is 0.742. The average molecular weight is 208 g/mol. The highest BCUT2D eigenvalue weighted by atomic mass is 16.5. The molecular weight excluding hydrogens is 196 g/mol. The lowest BCUT2D eigenvalue weighted by Crippen LogP contribution is -2.12. The Morgan fingerprint density at radius 3 is 3.33 bits per heavy atom. The predicted molar refractivity (Wildman–Crippen MR) is 54.1 cm³/mol. The first-order valence-corrected chi connectivity index (χ1v) is 4.80. The minimum Gasteiger partial charge on any atom is -0.483 e. The van der Waals surface area contributed by atoms with Gasteiger partial charge < -0.3 is 14.8 Å². The Bertz CT molecular complexity index is 368. The van der Waals surface area contributed by atoms with E-state index in [0.29, 0.717) is 30.3 Å². The molecule has 0 unspecified atom stereocenters. The molecule has 1 N–H and O–H groups in total. The fourth-order valence-corrected chi connectivity index (χ4v) is 1.40. The monoisotopic (exact) mass is 208 g/mol. The molecule has 1 amide bonds. The molecule has 1 aliphatic rings. The number of pyridine rings is 1. The number of nitrogens with zero attached hydrogens (tertiary/aromatic N) is 1. The number of hydrogen-bond acceptors (Lipinski definition) is 4. The molecule has 0 radical (unpaired) electrons. The van der Waals surface area contributed by atoms with E-state index in [9.17, 15) is 4.79 Å². The number of nitrogens with one attached hydrogen (secondary N) is 1. The van der Waals surface area contributed by atoms with Crippen LogP contribution in [0.4, 0.5) is 5.69 Å². The Labute approximate surface area is 87.4 Å². The van der Waals surface area contributed by atoms with Gasteiger partial charge in [0.2, 0.25) is 12.2 Å². The smallest absolute Gasteiger partial charge is 0.259 e. The molecule has 1 aromatic heterocycles. The van der Waals surface area contributed by atoms with E-state index < -0.39 is 0 Å². The lowest BCUT2D eigenvalue weighted by Gasteiger charge is -2.13. The van der Waals surface area contributed by atoms with Crippen LogP contribution in [0.15, 0.2) is 12.3 Å². The summed E-state index contributed by atoms with van der Waals surface area (Å²) in [5.41, 5.74) is 0.587. The molecule has 1 atom stereocenters. The molecule has 0 saturated carbocycles. The van der Waals surface area contributed by atoms with Crippen LogP contribution in [0.2, 0.25) is 0 Å². The maximum Gasteiger partial charge on any atom is 0.259 e. The number of amides is 1. The van der Waals surface area contributed by atoms with Crippen LogP contribution < -0.4 is 14.8 Å². The molecule has 5 nitrogen and oxygen atoms in total. The van der Waals surface area contributed by atoms with Crippen LogP contribution in [0.1, 0.15) is 13.3 Å². The standard InChI is InChI=1S/C10H12N2O3/c1-7-3-5-14-10-9(15-7)8(12-6-13)2-4-11-10/h2,4,6-7H,3,5H2,1H3,(H,11,12,13)/t7-/m1/s1. The van der Waals surface area contributed by atoms with Gasteiger partial charge in [-0.1, -0.05) is 0 Å². The highest BCUT2D eigenvalue weighted by Gasteiger charge is 2.19. The molecule has 80 valence electrons. The maximum atomic E-state index is 10.4. The van der Waals surface area contributed by atoms with E-state index in [1.165, 1.54) is 0 Å². The van der Waals surface area contributed by atoms with Crippen molar-refractivity contribution in [3.63, 3.8) is 0 Å². The normalized spacial score (nSPS) is 19.1. The fraction of sp³-hybridized carbons (Fsp3) is 0.400. The van der Waals surface area contributed by atoms with Gasteiger partial charge in [0.25, 0.3) is 5.88 Å². The summed E-state index contributed by atoms with van der Waals surface area (Å²) in [6.07, 6.45) is 3.04. The third kappa shape index (κ3) is 2.01. The summed E-state index contributed by atoms with van der Waals surface area (Å²) >= 11 is 0. The van der Waals surface area contributed by atoms with E-state index in [4.69, 9.17) is 9.47 Å². The van der Waals surface area contributed by atoms with Crippen LogP contribution in [-0.2, 0) is 4.79 Å². The van der Waals surface area contributed by atoms with Crippen LogP contribution in [0, 0.1) is 0 Å². The van der Waals surface area contributed by atoms with Crippen molar-refractivity contribution in [2.75, 3.05) is 11.9 Å². The number of ether oxygens (including phenoxy) is 2. The molecule has 2 heterocycles. The molecule has 15 heavy (non-hydrogen) atoms. The van der Waals surface area contributed by atoms with Crippen molar-refractivity contribution < 1.29 is 14.3 Å². The number of anilines is 1. The Morgan fingerprint density at radius 1 is 1.67 bits per heavy atom. The van der Waals surface area contributed by atoms with Crippen molar-refractivity contribution in [3.05, 3.63) is 12.3 Å². The van der Waals surface area contributed by atoms with Gasteiger partial charge in [-0.3, -0.25) is 4.79 Å². The third-order valence-electron chi connectivity index (χ3n) is 2.17. The van der Waals surface area contributed by atoms with E-state index in [0.717, 1.165) is 6.42 Å². The summed E-state index contributed by atoms with van der Waals surface area (Å²) in [6, 6.07) is 1.68. The highest BCUT2D eigenvalue weighted by molar-refractivity contribution is 5.76. The van der Waals surface area contributed by atoms with Crippen molar-refractivity contribution >= 4 is 12.1 Å². The molecule has 2 rings (SSSR count). The van der Waals surface area contributed by atoms with Gasteiger partial charge >= 0.3 is 0 Å².